The molecule has 0 heterocycles. The average Bonchev–Trinajstić information content (AvgIpc) is 2.37. The molecule has 2 unspecified atom stereocenters. The van der Waals surface area contributed by atoms with Crippen molar-refractivity contribution in [3.8, 4) is 5.75 Å². The molecule has 0 spiro atoms. The summed E-state index contributed by atoms with van der Waals surface area (Å²) in [4.78, 5) is 0. The third-order valence-electron chi connectivity index (χ3n) is 6.06. The quantitative estimate of drug-likeness (QED) is 0.802. The Morgan fingerprint density at radius 2 is 1.95 bits per heavy atom. The number of benzene rings is 1. The van der Waals surface area contributed by atoms with Gasteiger partial charge in [-0.2, -0.15) is 0 Å². The molecule has 0 aromatic heterocycles. The summed E-state index contributed by atoms with van der Waals surface area (Å²) in [6.07, 6.45) is 5.78. The van der Waals surface area contributed by atoms with Crippen LogP contribution in [-0.2, 0) is 12.0 Å². The van der Waals surface area contributed by atoms with Crippen molar-refractivity contribution in [3.63, 3.8) is 0 Å². The first-order valence-corrected chi connectivity index (χ1v) is 8.41. The van der Waals surface area contributed by atoms with E-state index in [4.69, 9.17) is 5.73 Å². The second-order valence-corrected chi connectivity index (χ2v) is 8.20. The lowest BCUT2D eigenvalue weighted by Gasteiger charge is -2.54. The highest BCUT2D eigenvalue weighted by atomic mass is 16.3. The molecule has 116 valence electrons. The molecule has 0 radical (unpaired) electrons. The molecular weight excluding hydrogens is 258 g/mol. The molecule has 21 heavy (non-hydrogen) atoms. The Morgan fingerprint density at radius 3 is 2.62 bits per heavy atom. The van der Waals surface area contributed by atoms with E-state index in [9.17, 15) is 5.11 Å². The second-order valence-electron chi connectivity index (χ2n) is 8.20. The molecule has 2 heteroatoms. The predicted molar refractivity (Wildman–Crippen MR) is 87.5 cm³/mol. The van der Waals surface area contributed by atoms with E-state index in [0.29, 0.717) is 23.0 Å². The summed E-state index contributed by atoms with van der Waals surface area (Å²) < 4.78 is 0. The highest BCUT2D eigenvalue weighted by molar-refractivity contribution is 5.48. The zero-order chi connectivity index (χ0) is 15.4. The molecule has 1 fully saturated rings. The van der Waals surface area contributed by atoms with E-state index in [0.717, 1.165) is 18.4 Å². The fraction of sp³-hybridized carbons (Fsp3) is 0.684. The lowest BCUT2D eigenvalue weighted by molar-refractivity contribution is 0.0332. The molecule has 2 nitrogen and oxygen atoms in total. The van der Waals surface area contributed by atoms with Crippen LogP contribution in [0.15, 0.2) is 12.1 Å². The normalized spacial score (nSPS) is 30.9. The van der Waals surface area contributed by atoms with Crippen molar-refractivity contribution < 1.29 is 5.11 Å². The molecule has 1 saturated carbocycles. The molecular formula is C19H29NO. The largest absolute Gasteiger partial charge is 0.508 e. The first kappa shape index (κ1) is 14.9. The van der Waals surface area contributed by atoms with Crippen LogP contribution in [0.25, 0.3) is 0 Å². The molecule has 3 rings (SSSR count). The van der Waals surface area contributed by atoms with Crippen molar-refractivity contribution in [2.75, 3.05) is 0 Å². The summed E-state index contributed by atoms with van der Waals surface area (Å²) in [6.45, 7) is 9.00. The first-order chi connectivity index (χ1) is 9.75. The van der Waals surface area contributed by atoms with Crippen LogP contribution in [0.4, 0.5) is 0 Å². The maximum atomic E-state index is 10.4. The number of phenols is 1. The molecule has 3 N–H and O–H groups in total. The summed E-state index contributed by atoms with van der Waals surface area (Å²) in [5.74, 6) is 1.30. The Bertz CT molecular complexity index is 561. The Morgan fingerprint density at radius 1 is 1.24 bits per heavy atom. The van der Waals surface area contributed by atoms with Crippen molar-refractivity contribution in [1.82, 2.24) is 0 Å². The fourth-order valence-corrected chi connectivity index (χ4v) is 4.91. The van der Waals surface area contributed by atoms with Gasteiger partial charge in [0.15, 0.2) is 0 Å². The van der Waals surface area contributed by atoms with Crippen LogP contribution in [0, 0.1) is 11.3 Å². The summed E-state index contributed by atoms with van der Waals surface area (Å²) in [6, 6.07) is 4.19. The van der Waals surface area contributed by atoms with E-state index in [2.05, 4.69) is 33.8 Å². The third kappa shape index (κ3) is 2.19. The Hall–Kier alpha value is -1.02. The van der Waals surface area contributed by atoms with E-state index >= 15 is 0 Å². The van der Waals surface area contributed by atoms with Gasteiger partial charge in [-0.3, -0.25) is 0 Å². The van der Waals surface area contributed by atoms with Crippen molar-refractivity contribution in [3.05, 3.63) is 28.8 Å². The van der Waals surface area contributed by atoms with Gasteiger partial charge in [-0.15, -0.1) is 0 Å². The Kier molecular flexibility index (Phi) is 3.36. The Balaban J connectivity index is 2.12. The zero-order valence-electron chi connectivity index (χ0n) is 13.9. The third-order valence-corrected chi connectivity index (χ3v) is 6.06. The van der Waals surface area contributed by atoms with Crippen LogP contribution in [0.3, 0.4) is 0 Å². The van der Waals surface area contributed by atoms with Crippen molar-refractivity contribution >= 4 is 0 Å². The van der Waals surface area contributed by atoms with E-state index in [1.807, 2.05) is 6.07 Å². The standard InChI is InChI=1S/C19H29NO/c1-12(2)14-10-13-6-7-17-18(3,4)8-5-9-19(17,20)15(13)11-16(14)21/h10-12,17,21H,5-9,20H2,1-4H3. The molecule has 2 aliphatic carbocycles. The van der Waals surface area contributed by atoms with E-state index in [-0.39, 0.29) is 5.54 Å². The van der Waals surface area contributed by atoms with Gasteiger partial charge in [-0.1, -0.05) is 40.2 Å². The van der Waals surface area contributed by atoms with Crippen LogP contribution in [-0.4, -0.2) is 5.11 Å². The van der Waals surface area contributed by atoms with Gasteiger partial charge in [0.2, 0.25) is 0 Å². The number of aromatic hydroxyl groups is 1. The van der Waals surface area contributed by atoms with Gasteiger partial charge in [0.25, 0.3) is 0 Å². The maximum Gasteiger partial charge on any atom is 0.119 e. The summed E-state index contributed by atoms with van der Waals surface area (Å²) >= 11 is 0. The number of phenolic OH excluding ortho intramolecular Hbond substituents is 1. The van der Waals surface area contributed by atoms with Crippen LogP contribution in [0.2, 0.25) is 0 Å². The summed E-state index contributed by atoms with van der Waals surface area (Å²) in [5.41, 5.74) is 10.6. The van der Waals surface area contributed by atoms with Gasteiger partial charge >= 0.3 is 0 Å². The fourth-order valence-electron chi connectivity index (χ4n) is 4.91. The van der Waals surface area contributed by atoms with E-state index in [1.54, 1.807) is 0 Å². The number of nitrogens with two attached hydrogens (primary N) is 1. The molecule has 0 saturated heterocycles. The maximum absolute atomic E-state index is 10.4. The smallest absolute Gasteiger partial charge is 0.119 e. The molecule has 0 bridgehead atoms. The molecule has 0 amide bonds. The van der Waals surface area contributed by atoms with Gasteiger partial charge in [-0.05, 0) is 65.7 Å². The second kappa shape index (κ2) is 4.74. The topological polar surface area (TPSA) is 46.2 Å². The molecule has 1 aromatic carbocycles. The van der Waals surface area contributed by atoms with Crippen molar-refractivity contribution in [1.29, 1.82) is 0 Å². The predicted octanol–water partition coefficient (Wildman–Crippen LogP) is 4.44. The Labute approximate surface area is 128 Å². The summed E-state index contributed by atoms with van der Waals surface area (Å²) in [5, 5.41) is 10.4. The van der Waals surface area contributed by atoms with Crippen molar-refractivity contribution in [2.24, 2.45) is 17.1 Å². The van der Waals surface area contributed by atoms with Crippen LogP contribution < -0.4 is 5.73 Å². The zero-order valence-corrected chi connectivity index (χ0v) is 13.9. The van der Waals surface area contributed by atoms with Crippen LogP contribution in [0.1, 0.15) is 76.0 Å². The van der Waals surface area contributed by atoms with Gasteiger partial charge < -0.3 is 10.8 Å². The first-order valence-electron chi connectivity index (χ1n) is 8.41. The van der Waals surface area contributed by atoms with E-state index in [1.165, 1.54) is 30.4 Å². The average molecular weight is 287 g/mol. The van der Waals surface area contributed by atoms with Crippen LogP contribution in [0.5, 0.6) is 5.75 Å². The molecule has 1 aromatic rings. The van der Waals surface area contributed by atoms with Crippen molar-refractivity contribution in [2.45, 2.75) is 71.3 Å². The van der Waals surface area contributed by atoms with Gasteiger partial charge in [0.05, 0.1) is 0 Å². The lowest BCUT2D eigenvalue weighted by Crippen LogP contribution is -2.55. The minimum absolute atomic E-state index is 0.248. The highest BCUT2D eigenvalue weighted by Gasteiger charge is 2.50. The minimum atomic E-state index is -0.248. The van der Waals surface area contributed by atoms with Crippen LogP contribution >= 0.6 is 0 Å². The van der Waals surface area contributed by atoms with Gasteiger partial charge in [-0.25, -0.2) is 0 Å². The monoisotopic (exact) mass is 287 g/mol. The number of hydrogen-bond donors (Lipinski definition) is 2. The SMILES string of the molecule is CC(C)c1cc2c(cc1O)C1(N)CCCC(C)(C)C1CC2. The van der Waals surface area contributed by atoms with E-state index < -0.39 is 0 Å². The number of hydrogen-bond acceptors (Lipinski definition) is 2. The van der Waals surface area contributed by atoms with Gasteiger partial charge in [0.1, 0.15) is 5.75 Å². The number of fused-ring (bicyclic) bond motifs is 3. The molecule has 2 aliphatic rings. The molecule has 2 atom stereocenters. The number of aryl methyl sites for hydroxylation is 1. The summed E-state index contributed by atoms with van der Waals surface area (Å²) in [7, 11) is 0. The molecule has 0 aliphatic heterocycles. The van der Waals surface area contributed by atoms with Gasteiger partial charge in [0, 0.05) is 5.54 Å². The number of rotatable bonds is 1. The lowest BCUT2D eigenvalue weighted by atomic mass is 9.54. The highest BCUT2D eigenvalue weighted by Crippen LogP contribution is 2.55. The minimum Gasteiger partial charge on any atom is -0.508 e.